The van der Waals surface area contributed by atoms with E-state index in [1.807, 2.05) is 26.0 Å². The molecule has 1 fully saturated rings. The van der Waals surface area contributed by atoms with Crippen LogP contribution in [0, 0.1) is 0 Å². The third-order valence-corrected chi connectivity index (χ3v) is 3.52. The van der Waals surface area contributed by atoms with Gasteiger partial charge in [-0.05, 0) is 38.8 Å². The Kier molecular flexibility index (Phi) is 4.53. The van der Waals surface area contributed by atoms with Gasteiger partial charge in [0, 0.05) is 26.3 Å². The van der Waals surface area contributed by atoms with Crippen molar-refractivity contribution in [2.75, 3.05) is 30.9 Å². The maximum Gasteiger partial charge on any atom is 0.144 e. The summed E-state index contributed by atoms with van der Waals surface area (Å²) in [6, 6.07) is 6.47. The Morgan fingerprint density at radius 3 is 2.63 bits per heavy atom. The molecule has 2 rings (SSSR count). The smallest absolute Gasteiger partial charge is 0.144 e. The van der Waals surface area contributed by atoms with Crippen molar-refractivity contribution in [3.8, 4) is 5.75 Å². The van der Waals surface area contributed by atoms with Crippen LogP contribution in [0.3, 0.4) is 0 Å². The highest BCUT2D eigenvalue weighted by Crippen LogP contribution is 2.34. The highest BCUT2D eigenvalue weighted by Gasteiger charge is 2.21. The zero-order chi connectivity index (χ0) is 13.8. The SMILES string of the molecule is CC(C)Oc1cccc(N(C)C2CCOCC2)c1N. The van der Waals surface area contributed by atoms with E-state index in [0.717, 1.165) is 43.2 Å². The summed E-state index contributed by atoms with van der Waals surface area (Å²) < 4.78 is 11.2. The molecule has 0 bridgehead atoms. The lowest BCUT2D eigenvalue weighted by molar-refractivity contribution is 0.0855. The molecule has 0 spiro atoms. The van der Waals surface area contributed by atoms with Crippen molar-refractivity contribution in [1.82, 2.24) is 0 Å². The summed E-state index contributed by atoms with van der Waals surface area (Å²) in [6.45, 7) is 5.68. The minimum absolute atomic E-state index is 0.130. The minimum atomic E-state index is 0.130. The topological polar surface area (TPSA) is 47.7 Å². The van der Waals surface area contributed by atoms with Crippen LogP contribution in [0.1, 0.15) is 26.7 Å². The van der Waals surface area contributed by atoms with Crippen molar-refractivity contribution < 1.29 is 9.47 Å². The van der Waals surface area contributed by atoms with Gasteiger partial charge in [0.15, 0.2) is 0 Å². The van der Waals surface area contributed by atoms with Gasteiger partial charge in [-0.15, -0.1) is 0 Å². The van der Waals surface area contributed by atoms with Crippen LogP contribution in [0.5, 0.6) is 5.75 Å². The molecular weight excluding hydrogens is 240 g/mol. The largest absolute Gasteiger partial charge is 0.489 e. The summed E-state index contributed by atoms with van der Waals surface area (Å²) in [5.41, 5.74) is 8.01. The van der Waals surface area contributed by atoms with Crippen LogP contribution in [0.15, 0.2) is 18.2 Å². The molecule has 19 heavy (non-hydrogen) atoms. The summed E-state index contributed by atoms with van der Waals surface area (Å²) in [5, 5.41) is 0. The van der Waals surface area contributed by atoms with Crippen LogP contribution in [0.4, 0.5) is 11.4 Å². The fourth-order valence-electron chi connectivity index (χ4n) is 2.47. The second kappa shape index (κ2) is 6.15. The standard InChI is InChI=1S/C15H24N2O2/c1-11(2)19-14-6-4-5-13(15(14)16)17(3)12-7-9-18-10-8-12/h4-6,11-12H,7-10,16H2,1-3H3. The number of anilines is 2. The minimum Gasteiger partial charge on any atom is -0.489 e. The van der Waals surface area contributed by atoms with Gasteiger partial charge in [-0.2, -0.15) is 0 Å². The van der Waals surface area contributed by atoms with Crippen molar-refractivity contribution in [3.05, 3.63) is 18.2 Å². The number of nitrogens with two attached hydrogens (primary N) is 1. The number of hydrogen-bond acceptors (Lipinski definition) is 4. The van der Waals surface area contributed by atoms with Gasteiger partial charge in [0.05, 0.1) is 17.5 Å². The number of nitrogen functional groups attached to an aromatic ring is 1. The van der Waals surface area contributed by atoms with Crippen LogP contribution in [0.2, 0.25) is 0 Å². The first kappa shape index (κ1) is 14.0. The number of ether oxygens (including phenoxy) is 2. The average Bonchev–Trinajstić information content (AvgIpc) is 2.41. The third kappa shape index (κ3) is 3.32. The van der Waals surface area contributed by atoms with E-state index in [9.17, 15) is 0 Å². The molecule has 1 aliphatic heterocycles. The maximum atomic E-state index is 6.24. The van der Waals surface area contributed by atoms with Gasteiger partial charge < -0.3 is 20.1 Å². The molecule has 1 saturated heterocycles. The number of para-hydroxylation sites is 1. The molecular formula is C15H24N2O2. The molecule has 1 aliphatic rings. The molecule has 0 radical (unpaired) electrons. The summed E-state index contributed by atoms with van der Waals surface area (Å²) in [4.78, 5) is 2.26. The summed E-state index contributed by atoms with van der Waals surface area (Å²) >= 11 is 0. The third-order valence-electron chi connectivity index (χ3n) is 3.52. The summed E-state index contributed by atoms with van der Waals surface area (Å²) in [5.74, 6) is 0.770. The Morgan fingerprint density at radius 1 is 1.32 bits per heavy atom. The van der Waals surface area contributed by atoms with E-state index >= 15 is 0 Å². The highest BCUT2D eigenvalue weighted by atomic mass is 16.5. The average molecular weight is 264 g/mol. The number of nitrogens with zero attached hydrogens (tertiary/aromatic N) is 1. The van der Waals surface area contributed by atoms with Crippen LogP contribution >= 0.6 is 0 Å². The molecule has 2 N–H and O–H groups in total. The lowest BCUT2D eigenvalue weighted by Gasteiger charge is -2.34. The Bertz CT molecular complexity index is 415. The second-order valence-corrected chi connectivity index (χ2v) is 5.31. The van der Waals surface area contributed by atoms with Crippen molar-refractivity contribution in [3.63, 3.8) is 0 Å². The summed E-state index contributed by atoms with van der Waals surface area (Å²) in [7, 11) is 2.10. The monoisotopic (exact) mass is 264 g/mol. The van der Waals surface area contributed by atoms with Gasteiger partial charge in [0.1, 0.15) is 5.75 Å². The molecule has 0 aliphatic carbocycles. The Balaban J connectivity index is 2.18. The van der Waals surface area contributed by atoms with E-state index in [1.54, 1.807) is 0 Å². The summed E-state index contributed by atoms with van der Waals surface area (Å²) in [6.07, 6.45) is 2.22. The van der Waals surface area contributed by atoms with Crippen LogP contribution in [0.25, 0.3) is 0 Å². The molecule has 1 aromatic rings. The van der Waals surface area contributed by atoms with E-state index in [1.165, 1.54) is 0 Å². The van der Waals surface area contributed by atoms with E-state index in [2.05, 4.69) is 18.0 Å². The zero-order valence-electron chi connectivity index (χ0n) is 12.1. The van der Waals surface area contributed by atoms with Crippen molar-refractivity contribution in [2.24, 2.45) is 0 Å². The molecule has 4 heteroatoms. The van der Waals surface area contributed by atoms with Gasteiger partial charge >= 0.3 is 0 Å². The van der Waals surface area contributed by atoms with Crippen LogP contribution in [-0.4, -0.2) is 32.4 Å². The Morgan fingerprint density at radius 2 is 2.00 bits per heavy atom. The molecule has 0 saturated carbocycles. The molecule has 0 aromatic heterocycles. The van der Waals surface area contributed by atoms with Crippen molar-refractivity contribution in [2.45, 2.75) is 38.8 Å². The maximum absolute atomic E-state index is 6.24. The number of rotatable bonds is 4. The fraction of sp³-hybridized carbons (Fsp3) is 0.600. The van der Waals surface area contributed by atoms with E-state index < -0.39 is 0 Å². The molecule has 0 amide bonds. The van der Waals surface area contributed by atoms with Gasteiger partial charge in [-0.3, -0.25) is 0 Å². The van der Waals surface area contributed by atoms with Gasteiger partial charge in [-0.25, -0.2) is 0 Å². The van der Waals surface area contributed by atoms with Crippen molar-refractivity contribution in [1.29, 1.82) is 0 Å². The lowest BCUT2D eigenvalue weighted by atomic mass is 10.1. The predicted octanol–water partition coefficient (Wildman–Crippen LogP) is 2.67. The van der Waals surface area contributed by atoms with E-state index in [-0.39, 0.29) is 6.10 Å². The molecule has 0 unspecified atom stereocenters. The highest BCUT2D eigenvalue weighted by molar-refractivity contribution is 5.74. The van der Waals surface area contributed by atoms with E-state index in [0.29, 0.717) is 6.04 Å². The molecule has 4 nitrogen and oxygen atoms in total. The second-order valence-electron chi connectivity index (χ2n) is 5.31. The zero-order valence-corrected chi connectivity index (χ0v) is 12.1. The molecule has 1 aromatic carbocycles. The van der Waals surface area contributed by atoms with Gasteiger partial charge in [-0.1, -0.05) is 6.07 Å². The van der Waals surface area contributed by atoms with E-state index in [4.69, 9.17) is 15.2 Å². The van der Waals surface area contributed by atoms with Gasteiger partial charge in [0.25, 0.3) is 0 Å². The predicted molar refractivity (Wildman–Crippen MR) is 78.9 cm³/mol. The molecule has 1 heterocycles. The number of benzene rings is 1. The Hall–Kier alpha value is -1.42. The normalized spacial score (nSPS) is 16.6. The van der Waals surface area contributed by atoms with Crippen LogP contribution < -0.4 is 15.4 Å². The quantitative estimate of drug-likeness (QED) is 0.849. The number of hydrogen-bond donors (Lipinski definition) is 1. The van der Waals surface area contributed by atoms with Gasteiger partial charge in [0.2, 0.25) is 0 Å². The lowest BCUT2D eigenvalue weighted by Crippen LogP contribution is -2.37. The molecule has 106 valence electrons. The Labute approximate surface area is 115 Å². The first-order valence-electron chi connectivity index (χ1n) is 6.95. The van der Waals surface area contributed by atoms with Crippen LogP contribution in [-0.2, 0) is 4.74 Å². The van der Waals surface area contributed by atoms with Crippen molar-refractivity contribution >= 4 is 11.4 Å². The first-order valence-corrected chi connectivity index (χ1v) is 6.95. The fourth-order valence-corrected chi connectivity index (χ4v) is 2.47. The first-order chi connectivity index (χ1) is 9.09. The molecule has 0 atom stereocenters.